The summed E-state index contributed by atoms with van der Waals surface area (Å²) in [6, 6.07) is 5.39. The van der Waals surface area contributed by atoms with Gasteiger partial charge in [0.2, 0.25) is 5.91 Å². The fraction of sp³-hybridized carbons (Fsp3) is 0.350. The van der Waals surface area contributed by atoms with Gasteiger partial charge >= 0.3 is 5.97 Å². The van der Waals surface area contributed by atoms with Crippen LogP contribution in [0.3, 0.4) is 0 Å². The van der Waals surface area contributed by atoms with Crippen LogP contribution in [0.5, 0.6) is 0 Å². The Morgan fingerprint density at radius 1 is 1.14 bits per heavy atom. The van der Waals surface area contributed by atoms with Gasteiger partial charge in [-0.3, -0.25) is 24.0 Å². The van der Waals surface area contributed by atoms with Crippen molar-refractivity contribution < 1.29 is 23.9 Å². The molecular formula is C20H22N4O5. The molecule has 152 valence electrons. The topological polar surface area (TPSA) is 111 Å². The van der Waals surface area contributed by atoms with Gasteiger partial charge in [0.05, 0.1) is 23.9 Å². The molecule has 9 nitrogen and oxygen atoms in total. The Kier molecular flexibility index (Phi) is 5.49. The van der Waals surface area contributed by atoms with Crippen molar-refractivity contribution in [2.24, 2.45) is 13.0 Å². The van der Waals surface area contributed by atoms with Gasteiger partial charge < -0.3 is 10.1 Å². The number of amides is 3. The molecule has 2 heterocycles. The number of benzene rings is 1. The molecule has 29 heavy (non-hydrogen) atoms. The zero-order valence-corrected chi connectivity index (χ0v) is 16.6. The number of carbonyl (C=O) groups is 4. The molecule has 1 atom stereocenters. The summed E-state index contributed by atoms with van der Waals surface area (Å²) in [6.07, 6.45) is 1.29. The first-order valence-electron chi connectivity index (χ1n) is 9.24. The number of hydrogen-bond donors (Lipinski definition) is 1. The largest absolute Gasteiger partial charge is 0.462 e. The molecule has 1 aliphatic heterocycles. The number of hydrogen-bond acceptors (Lipinski definition) is 6. The lowest BCUT2D eigenvalue weighted by atomic mass is 10.0. The van der Waals surface area contributed by atoms with Gasteiger partial charge in [0.1, 0.15) is 17.4 Å². The van der Waals surface area contributed by atoms with Crippen molar-refractivity contribution >= 4 is 29.5 Å². The number of imide groups is 1. The molecule has 0 spiro atoms. The third-order valence-electron chi connectivity index (χ3n) is 4.68. The summed E-state index contributed by atoms with van der Waals surface area (Å²) in [5.41, 5.74) is 0.625. The number of nitrogens with one attached hydrogen (secondary N) is 1. The minimum Gasteiger partial charge on any atom is -0.462 e. The Bertz CT molecular complexity index is 960. The van der Waals surface area contributed by atoms with Gasteiger partial charge in [0.25, 0.3) is 11.8 Å². The summed E-state index contributed by atoms with van der Waals surface area (Å²) in [5, 5.41) is 6.63. The molecule has 3 rings (SSSR count). The number of fused-ring (bicyclic) bond motifs is 1. The van der Waals surface area contributed by atoms with Crippen molar-refractivity contribution in [1.82, 2.24) is 14.7 Å². The lowest BCUT2D eigenvalue weighted by molar-refractivity contribution is -0.121. The highest BCUT2D eigenvalue weighted by molar-refractivity contribution is 6.23. The van der Waals surface area contributed by atoms with Crippen molar-refractivity contribution in [3.63, 3.8) is 0 Å². The maximum atomic E-state index is 13.1. The van der Waals surface area contributed by atoms with E-state index in [-0.39, 0.29) is 35.0 Å². The summed E-state index contributed by atoms with van der Waals surface area (Å²) in [7, 11) is 1.56. The lowest BCUT2D eigenvalue weighted by Gasteiger charge is -2.28. The molecule has 0 saturated heterocycles. The molecule has 1 aromatic heterocycles. The van der Waals surface area contributed by atoms with Gasteiger partial charge in [0.15, 0.2) is 0 Å². The van der Waals surface area contributed by atoms with Gasteiger partial charge in [-0.25, -0.2) is 4.79 Å². The van der Waals surface area contributed by atoms with Crippen molar-refractivity contribution in [2.75, 3.05) is 11.9 Å². The van der Waals surface area contributed by atoms with E-state index < -0.39 is 29.7 Å². The maximum absolute atomic E-state index is 13.1. The third-order valence-corrected chi connectivity index (χ3v) is 4.68. The van der Waals surface area contributed by atoms with Gasteiger partial charge in [-0.1, -0.05) is 26.0 Å². The summed E-state index contributed by atoms with van der Waals surface area (Å²) in [5.74, 6) is -2.49. The van der Waals surface area contributed by atoms with E-state index in [1.54, 1.807) is 52.1 Å². The Balaban J connectivity index is 1.92. The van der Waals surface area contributed by atoms with E-state index in [1.165, 1.54) is 10.9 Å². The first kappa shape index (κ1) is 20.2. The molecule has 1 aromatic carbocycles. The highest BCUT2D eigenvalue weighted by atomic mass is 16.5. The van der Waals surface area contributed by atoms with E-state index in [9.17, 15) is 19.2 Å². The van der Waals surface area contributed by atoms with Gasteiger partial charge in [0, 0.05) is 7.05 Å². The van der Waals surface area contributed by atoms with Crippen LogP contribution < -0.4 is 5.32 Å². The standard InChI is InChI=1S/C20H22N4O5/c1-5-29-20(28)14-10-21-23(4)16(14)22-17(25)15(11(2)3)24-18(26)12-8-6-7-9-13(12)19(24)27/h6-11,15H,5H2,1-4H3,(H,22,25). The fourth-order valence-corrected chi connectivity index (χ4v) is 3.31. The lowest BCUT2D eigenvalue weighted by Crippen LogP contribution is -2.50. The minimum atomic E-state index is -1.06. The first-order valence-corrected chi connectivity index (χ1v) is 9.24. The average Bonchev–Trinajstić information content (AvgIpc) is 3.15. The Labute approximate surface area is 167 Å². The zero-order valence-electron chi connectivity index (χ0n) is 16.6. The molecule has 1 aliphatic rings. The number of anilines is 1. The first-order chi connectivity index (χ1) is 13.8. The number of ether oxygens (including phenoxy) is 1. The quantitative estimate of drug-likeness (QED) is 0.587. The van der Waals surface area contributed by atoms with Crippen LogP contribution in [0.15, 0.2) is 30.5 Å². The second kappa shape index (κ2) is 7.86. The number of carbonyl (C=O) groups excluding carboxylic acids is 4. The van der Waals surface area contributed by atoms with Gasteiger partial charge in [-0.05, 0) is 25.0 Å². The Morgan fingerprint density at radius 2 is 1.72 bits per heavy atom. The van der Waals surface area contributed by atoms with E-state index in [0.717, 1.165) is 4.90 Å². The summed E-state index contributed by atoms with van der Waals surface area (Å²) >= 11 is 0. The van der Waals surface area contributed by atoms with Crippen LogP contribution in [0, 0.1) is 5.92 Å². The molecular weight excluding hydrogens is 376 g/mol. The van der Waals surface area contributed by atoms with Crippen molar-refractivity contribution in [2.45, 2.75) is 26.8 Å². The minimum absolute atomic E-state index is 0.0903. The van der Waals surface area contributed by atoms with Crippen LogP contribution >= 0.6 is 0 Å². The molecule has 0 aliphatic carbocycles. The predicted molar refractivity (Wildman–Crippen MR) is 103 cm³/mol. The van der Waals surface area contributed by atoms with Crippen molar-refractivity contribution in [1.29, 1.82) is 0 Å². The fourth-order valence-electron chi connectivity index (χ4n) is 3.31. The molecule has 0 fully saturated rings. The van der Waals surface area contributed by atoms with Crippen LogP contribution in [0.2, 0.25) is 0 Å². The van der Waals surface area contributed by atoms with Gasteiger partial charge in [-0.15, -0.1) is 0 Å². The smallest absolute Gasteiger partial charge is 0.343 e. The molecule has 1 unspecified atom stereocenters. The van der Waals surface area contributed by atoms with Crippen LogP contribution in [-0.4, -0.2) is 51.0 Å². The van der Waals surface area contributed by atoms with E-state index in [0.29, 0.717) is 0 Å². The van der Waals surface area contributed by atoms with E-state index in [1.807, 2.05) is 0 Å². The van der Waals surface area contributed by atoms with Crippen LogP contribution in [0.1, 0.15) is 51.8 Å². The number of rotatable bonds is 6. The molecule has 0 radical (unpaired) electrons. The second-order valence-electron chi connectivity index (χ2n) is 6.95. The summed E-state index contributed by atoms with van der Waals surface area (Å²) < 4.78 is 6.31. The van der Waals surface area contributed by atoms with Crippen LogP contribution in [-0.2, 0) is 16.6 Å². The molecule has 3 amide bonds. The summed E-state index contributed by atoms with van der Waals surface area (Å²) in [4.78, 5) is 51.9. The molecule has 2 aromatic rings. The Morgan fingerprint density at radius 3 is 2.24 bits per heavy atom. The monoisotopic (exact) mass is 398 g/mol. The SMILES string of the molecule is CCOC(=O)c1cnn(C)c1NC(=O)C(C(C)C)N1C(=O)c2ccccc2C1=O. The van der Waals surface area contributed by atoms with Crippen LogP contribution in [0.4, 0.5) is 5.82 Å². The molecule has 1 N–H and O–H groups in total. The van der Waals surface area contributed by atoms with E-state index in [2.05, 4.69) is 10.4 Å². The summed E-state index contributed by atoms with van der Waals surface area (Å²) in [6.45, 7) is 5.32. The second-order valence-corrected chi connectivity index (χ2v) is 6.95. The van der Waals surface area contributed by atoms with Crippen LogP contribution in [0.25, 0.3) is 0 Å². The molecule has 0 bridgehead atoms. The van der Waals surface area contributed by atoms with Crippen molar-refractivity contribution in [3.8, 4) is 0 Å². The number of esters is 1. The predicted octanol–water partition coefficient (Wildman–Crippen LogP) is 1.86. The highest BCUT2D eigenvalue weighted by Crippen LogP contribution is 2.28. The average molecular weight is 398 g/mol. The van der Waals surface area contributed by atoms with Crippen molar-refractivity contribution in [3.05, 3.63) is 47.2 Å². The highest BCUT2D eigenvalue weighted by Gasteiger charge is 2.44. The van der Waals surface area contributed by atoms with E-state index >= 15 is 0 Å². The number of nitrogens with zero attached hydrogens (tertiary/aromatic N) is 3. The number of aromatic nitrogens is 2. The zero-order chi connectivity index (χ0) is 21.3. The molecule has 0 saturated carbocycles. The maximum Gasteiger partial charge on any atom is 0.343 e. The van der Waals surface area contributed by atoms with E-state index in [4.69, 9.17) is 4.74 Å². The Hall–Kier alpha value is -3.49. The third kappa shape index (κ3) is 3.51. The normalized spacial score (nSPS) is 14.2. The number of aryl methyl sites for hydroxylation is 1. The molecule has 9 heteroatoms. The van der Waals surface area contributed by atoms with Gasteiger partial charge in [-0.2, -0.15) is 5.10 Å².